The Hall–Kier alpha value is -3.58. The highest BCUT2D eigenvalue weighted by Gasteiger charge is 2.48. The molecule has 0 aliphatic carbocycles. The van der Waals surface area contributed by atoms with E-state index in [2.05, 4.69) is 0 Å². The SMILES string of the molecule is CCOc1ccc(/C(O)=C2/C(=O)C(=O)N(c3ccc(F)c(Cl)c3)C2c2ccco2)cc1C(C)(C)C. The van der Waals surface area contributed by atoms with Crippen LogP contribution < -0.4 is 9.64 Å². The number of furan rings is 1. The molecular weight excluding hydrogens is 473 g/mol. The quantitative estimate of drug-likeness (QED) is 0.251. The Kier molecular flexibility index (Phi) is 6.47. The molecule has 1 atom stereocenters. The van der Waals surface area contributed by atoms with Crippen molar-refractivity contribution in [1.29, 1.82) is 0 Å². The molecule has 1 aromatic heterocycles. The van der Waals surface area contributed by atoms with Crippen LogP contribution in [0.2, 0.25) is 5.02 Å². The molecule has 1 unspecified atom stereocenters. The Bertz CT molecular complexity index is 1320. The average molecular weight is 498 g/mol. The number of carbonyl (C=O) groups is 2. The van der Waals surface area contributed by atoms with Gasteiger partial charge in [-0.15, -0.1) is 0 Å². The standard InChI is InChI=1S/C27H25ClFNO5/c1-5-34-20-11-8-15(13-17(20)27(2,3)4)24(31)22-23(21-7-6-12-35-21)30(26(33)25(22)32)16-9-10-19(29)18(28)14-16/h6-14,23,31H,5H2,1-4H3/b24-22-. The minimum absolute atomic E-state index is 0.144. The van der Waals surface area contributed by atoms with Crippen LogP contribution in [0.15, 0.2) is 64.8 Å². The first-order chi connectivity index (χ1) is 16.5. The first kappa shape index (κ1) is 24.5. The zero-order chi connectivity index (χ0) is 25.5. The summed E-state index contributed by atoms with van der Waals surface area (Å²) in [4.78, 5) is 27.5. The summed E-state index contributed by atoms with van der Waals surface area (Å²) in [6.07, 6.45) is 1.40. The molecule has 3 aromatic rings. The lowest BCUT2D eigenvalue weighted by molar-refractivity contribution is -0.132. The zero-order valence-corrected chi connectivity index (χ0v) is 20.5. The highest BCUT2D eigenvalue weighted by molar-refractivity contribution is 6.51. The Balaban J connectivity index is 1.92. The Morgan fingerprint density at radius 2 is 1.91 bits per heavy atom. The van der Waals surface area contributed by atoms with E-state index >= 15 is 0 Å². The summed E-state index contributed by atoms with van der Waals surface area (Å²) in [5.41, 5.74) is 0.913. The van der Waals surface area contributed by atoms with Crippen LogP contribution in [-0.4, -0.2) is 23.4 Å². The highest BCUT2D eigenvalue weighted by Crippen LogP contribution is 2.43. The van der Waals surface area contributed by atoms with Crippen LogP contribution in [0.1, 0.15) is 50.6 Å². The van der Waals surface area contributed by atoms with Gasteiger partial charge in [-0.1, -0.05) is 32.4 Å². The lowest BCUT2D eigenvalue weighted by atomic mass is 9.84. The number of hydrogen-bond donors (Lipinski definition) is 1. The summed E-state index contributed by atoms with van der Waals surface area (Å²) in [7, 11) is 0. The topological polar surface area (TPSA) is 80.0 Å². The van der Waals surface area contributed by atoms with Crippen LogP contribution in [0.4, 0.5) is 10.1 Å². The lowest BCUT2D eigenvalue weighted by Crippen LogP contribution is -2.29. The molecule has 4 rings (SSSR count). The second-order valence-electron chi connectivity index (χ2n) is 9.18. The van der Waals surface area contributed by atoms with Gasteiger partial charge in [0.05, 0.1) is 23.5 Å². The number of nitrogens with zero attached hydrogens (tertiary/aromatic N) is 1. The molecule has 1 N–H and O–H groups in total. The van der Waals surface area contributed by atoms with Gasteiger partial charge in [-0.25, -0.2) is 4.39 Å². The van der Waals surface area contributed by atoms with Gasteiger partial charge in [-0.3, -0.25) is 14.5 Å². The number of amides is 1. The summed E-state index contributed by atoms with van der Waals surface area (Å²) < 4.78 is 25.1. The number of hydrogen-bond acceptors (Lipinski definition) is 5. The Labute approximate surface area is 207 Å². The van der Waals surface area contributed by atoms with Crippen LogP contribution in [0.5, 0.6) is 5.75 Å². The smallest absolute Gasteiger partial charge is 0.300 e. The number of halogens is 2. The molecule has 182 valence electrons. The van der Waals surface area contributed by atoms with Gasteiger partial charge in [0.25, 0.3) is 11.7 Å². The van der Waals surface area contributed by atoms with Crippen molar-refractivity contribution in [3.8, 4) is 5.75 Å². The van der Waals surface area contributed by atoms with Crippen LogP contribution in [-0.2, 0) is 15.0 Å². The number of ketones is 1. The molecule has 1 saturated heterocycles. The van der Waals surface area contributed by atoms with Crippen molar-refractivity contribution in [3.63, 3.8) is 0 Å². The normalized spacial score (nSPS) is 17.8. The van der Waals surface area contributed by atoms with Crippen LogP contribution in [0.3, 0.4) is 0 Å². The predicted octanol–water partition coefficient (Wildman–Crippen LogP) is 6.39. The summed E-state index contributed by atoms with van der Waals surface area (Å²) in [6, 6.07) is 11.0. The molecule has 2 aromatic carbocycles. The number of carbonyl (C=O) groups excluding carboxylic acids is 2. The van der Waals surface area contributed by atoms with Gasteiger partial charge in [0, 0.05) is 16.8 Å². The Morgan fingerprint density at radius 1 is 1.17 bits per heavy atom. The van der Waals surface area contributed by atoms with E-state index in [0.29, 0.717) is 17.9 Å². The molecule has 1 aliphatic heterocycles. The third-order valence-corrected chi connectivity index (χ3v) is 6.09. The molecule has 0 spiro atoms. The third-order valence-electron chi connectivity index (χ3n) is 5.80. The Morgan fingerprint density at radius 3 is 2.51 bits per heavy atom. The monoisotopic (exact) mass is 497 g/mol. The highest BCUT2D eigenvalue weighted by atomic mass is 35.5. The molecule has 0 radical (unpaired) electrons. The molecule has 8 heteroatoms. The van der Waals surface area contributed by atoms with E-state index < -0.39 is 23.5 Å². The van der Waals surface area contributed by atoms with Crippen molar-refractivity contribution in [2.24, 2.45) is 0 Å². The number of rotatable bonds is 5. The van der Waals surface area contributed by atoms with Gasteiger partial charge >= 0.3 is 0 Å². The molecule has 0 bridgehead atoms. The fourth-order valence-corrected chi connectivity index (χ4v) is 4.32. The van der Waals surface area contributed by atoms with E-state index in [9.17, 15) is 19.1 Å². The van der Waals surface area contributed by atoms with E-state index in [-0.39, 0.29) is 33.2 Å². The third kappa shape index (κ3) is 4.44. The van der Waals surface area contributed by atoms with E-state index in [1.54, 1.807) is 30.3 Å². The van der Waals surface area contributed by atoms with Gasteiger partial charge in [-0.05, 0) is 60.9 Å². The van der Waals surface area contributed by atoms with Gasteiger partial charge in [0.15, 0.2) is 0 Å². The number of Topliss-reactive ketones (excluding diaryl/α,β-unsaturated/α-hetero) is 1. The van der Waals surface area contributed by atoms with Crippen LogP contribution >= 0.6 is 11.6 Å². The second kappa shape index (κ2) is 9.23. The van der Waals surface area contributed by atoms with Crippen molar-refractivity contribution >= 4 is 34.7 Å². The summed E-state index contributed by atoms with van der Waals surface area (Å²) in [6.45, 7) is 8.38. The van der Waals surface area contributed by atoms with Gasteiger partial charge in [0.1, 0.15) is 29.1 Å². The largest absolute Gasteiger partial charge is 0.507 e. The molecular formula is C27H25ClFNO5. The van der Waals surface area contributed by atoms with Crippen molar-refractivity contribution in [2.75, 3.05) is 11.5 Å². The van der Waals surface area contributed by atoms with E-state index in [1.807, 2.05) is 27.7 Å². The molecule has 1 amide bonds. The lowest BCUT2D eigenvalue weighted by Gasteiger charge is -2.25. The van der Waals surface area contributed by atoms with E-state index in [0.717, 1.165) is 16.5 Å². The molecule has 6 nitrogen and oxygen atoms in total. The average Bonchev–Trinajstić information content (AvgIpc) is 3.42. The fourth-order valence-electron chi connectivity index (χ4n) is 4.15. The first-order valence-corrected chi connectivity index (χ1v) is 11.5. The van der Waals surface area contributed by atoms with Crippen molar-refractivity contribution in [1.82, 2.24) is 0 Å². The van der Waals surface area contributed by atoms with Gasteiger partial charge in [0.2, 0.25) is 0 Å². The number of ether oxygens (including phenoxy) is 1. The first-order valence-electron chi connectivity index (χ1n) is 11.1. The summed E-state index contributed by atoms with van der Waals surface area (Å²) >= 11 is 5.95. The van der Waals surface area contributed by atoms with Crippen LogP contribution in [0, 0.1) is 5.82 Å². The number of aliphatic hydroxyl groups excluding tert-OH is 1. The summed E-state index contributed by atoms with van der Waals surface area (Å²) in [5, 5.41) is 11.2. The molecule has 2 heterocycles. The van der Waals surface area contributed by atoms with Crippen LogP contribution in [0.25, 0.3) is 5.76 Å². The number of anilines is 1. The molecule has 1 fully saturated rings. The van der Waals surface area contributed by atoms with E-state index in [4.69, 9.17) is 20.8 Å². The predicted molar refractivity (Wildman–Crippen MR) is 131 cm³/mol. The maximum atomic E-state index is 13.8. The summed E-state index contributed by atoms with van der Waals surface area (Å²) in [5.74, 6) is -1.87. The molecule has 35 heavy (non-hydrogen) atoms. The number of aliphatic hydroxyl groups is 1. The van der Waals surface area contributed by atoms with Crippen molar-refractivity contribution < 1.29 is 28.2 Å². The zero-order valence-electron chi connectivity index (χ0n) is 19.8. The van der Waals surface area contributed by atoms with E-state index in [1.165, 1.54) is 18.4 Å². The van der Waals surface area contributed by atoms with Gasteiger partial charge in [-0.2, -0.15) is 0 Å². The molecule has 0 saturated carbocycles. The minimum Gasteiger partial charge on any atom is -0.507 e. The number of benzene rings is 2. The maximum Gasteiger partial charge on any atom is 0.300 e. The van der Waals surface area contributed by atoms with Gasteiger partial charge < -0.3 is 14.3 Å². The second-order valence-corrected chi connectivity index (χ2v) is 9.58. The van der Waals surface area contributed by atoms with Crippen molar-refractivity contribution in [2.45, 2.75) is 39.2 Å². The van der Waals surface area contributed by atoms with Crippen molar-refractivity contribution in [3.05, 3.63) is 88.1 Å². The fraction of sp³-hybridized carbons (Fsp3) is 0.259. The molecule has 1 aliphatic rings. The minimum atomic E-state index is -1.07. The maximum absolute atomic E-state index is 13.8.